The van der Waals surface area contributed by atoms with Crippen LogP contribution in [0.25, 0.3) is 22.1 Å². The Kier molecular flexibility index (Phi) is 4.08. The van der Waals surface area contributed by atoms with Crippen molar-refractivity contribution in [2.24, 2.45) is 0 Å². The van der Waals surface area contributed by atoms with Gasteiger partial charge in [0.25, 0.3) is 10.1 Å². The Morgan fingerprint density at radius 1 is 0.895 bits per heavy atom. The van der Waals surface area contributed by atoms with Crippen molar-refractivity contribution >= 4 is 69.9 Å². The van der Waals surface area contributed by atoms with Gasteiger partial charge < -0.3 is 2.85 Å². The zero-order valence-electron chi connectivity index (χ0n) is 11.8. The number of rotatable bonds is 1. The Morgan fingerprint density at radius 3 is 2.11 bits per heavy atom. The summed E-state index contributed by atoms with van der Waals surface area (Å²) in [6.45, 7) is 0. The molecular weight excluding hydrogens is 292 g/mol. The molecule has 0 amide bonds. The van der Waals surface area contributed by atoms with Crippen molar-refractivity contribution in [1.82, 2.24) is 9.97 Å². The zero-order valence-corrected chi connectivity index (χ0v) is 12.8. The summed E-state index contributed by atoms with van der Waals surface area (Å²) in [6, 6.07) is 11.6. The van der Waals surface area contributed by atoms with Crippen molar-refractivity contribution in [3.05, 3.63) is 42.5 Å². The summed E-state index contributed by atoms with van der Waals surface area (Å²) in [4.78, 5) is 8.33. The summed E-state index contributed by atoms with van der Waals surface area (Å²) in [5.74, 6) is 0. The Morgan fingerprint density at radius 2 is 1.47 bits per heavy atom. The molecule has 0 bridgehead atoms. The van der Waals surface area contributed by atoms with Gasteiger partial charge in [0.05, 0.1) is 16.6 Å². The third-order valence-corrected chi connectivity index (χ3v) is 3.50. The second-order valence-corrected chi connectivity index (χ2v) is 5.20. The minimum Gasteiger partial charge on any atom is -1.00 e. The normalized spacial score (nSPS) is 11.4. The molecule has 1 N–H and O–H groups in total. The molecule has 0 atom stereocenters. The summed E-state index contributed by atoms with van der Waals surface area (Å²) >= 11 is 0. The van der Waals surface area contributed by atoms with Gasteiger partial charge in [0, 0.05) is 0 Å². The fourth-order valence-corrected chi connectivity index (χ4v) is 2.47. The Balaban J connectivity index is 0.00000133. The molecule has 1 heterocycles. The third kappa shape index (κ3) is 2.73. The number of benzene rings is 2. The van der Waals surface area contributed by atoms with Crippen LogP contribution in [0.3, 0.4) is 0 Å². The molecule has 7 heteroatoms. The average molecular weight is 302 g/mol. The molecule has 0 saturated heterocycles. The minimum atomic E-state index is -4.30. The Hall–Kier alpha value is -0.790. The maximum absolute atomic E-state index is 11.3. The molecular formula is C12H10CaN2O3S. The predicted octanol–water partition coefficient (Wildman–Crippen LogP) is 1.87. The van der Waals surface area contributed by atoms with Crippen LogP contribution in [0.1, 0.15) is 2.85 Å². The third-order valence-electron chi connectivity index (χ3n) is 2.61. The summed E-state index contributed by atoms with van der Waals surface area (Å²) in [5, 5.41) is 0. The van der Waals surface area contributed by atoms with Gasteiger partial charge >= 0.3 is 37.7 Å². The smallest absolute Gasteiger partial charge is 1.00 e. The van der Waals surface area contributed by atoms with Gasteiger partial charge in [-0.25, -0.2) is 9.97 Å². The van der Waals surface area contributed by atoms with Crippen LogP contribution < -0.4 is 0 Å². The summed E-state index contributed by atoms with van der Waals surface area (Å²) < 4.78 is 31.7. The van der Waals surface area contributed by atoms with Gasteiger partial charge in [0.15, 0.2) is 0 Å². The molecule has 0 aliphatic rings. The van der Waals surface area contributed by atoms with Crippen LogP contribution in [-0.4, -0.2) is 60.7 Å². The van der Waals surface area contributed by atoms with Crippen LogP contribution in [0.2, 0.25) is 0 Å². The standard InChI is InChI=1S/C12H8N2O3S.Ca.2H/c15-18(16,17)11-7-3-6-10-12(11)14-9-5-2-1-4-8(9)13-10;;;/h1-7H,(H,15,16,17);;;/q;+2;2*-1. The molecule has 0 radical (unpaired) electrons. The molecule has 3 rings (SSSR count). The van der Waals surface area contributed by atoms with Gasteiger partial charge in [-0.15, -0.1) is 0 Å². The van der Waals surface area contributed by atoms with Crippen LogP contribution >= 0.6 is 0 Å². The van der Waals surface area contributed by atoms with E-state index in [1.807, 2.05) is 6.07 Å². The van der Waals surface area contributed by atoms with Crippen molar-refractivity contribution < 1.29 is 15.8 Å². The van der Waals surface area contributed by atoms with E-state index in [0.29, 0.717) is 16.6 Å². The molecule has 0 aliphatic carbocycles. The van der Waals surface area contributed by atoms with Crippen molar-refractivity contribution in [2.45, 2.75) is 4.90 Å². The first-order chi connectivity index (χ1) is 8.55. The van der Waals surface area contributed by atoms with Gasteiger partial charge in [-0.2, -0.15) is 8.42 Å². The predicted molar refractivity (Wildman–Crippen MR) is 74.8 cm³/mol. The molecule has 94 valence electrons. The first-order valence-electron chi connectivity index (χ1n) is 5.19. The summed E-state index contributed by atoms with van der Waals surface area (Å²) in [5.41, 5.74) is 1.88. The summed E-state index contributed by atoms with van der Waals surface area (Å²) in [6.07, 6.45) is 0. The van der Waals surface area contributed by atoms with Crippen LogP contribution in [0.4, 0.5) is 0 Å². The second kappa shape index (κ2) is 5.30. The second-order valence-electron chi connectivity index (χ2n) is 3.81. The SMILES string of the molecule is O=S(=O)(O)c1cccc2nc3ccccc3nc12.[Ca+2].[H-].[H-]. The van der Waals surface area contributed by atoms with Crippen molar-refractivity contribution in [2.75, 3.05) is 0 Å². The zero-order chi connectivity index (χ0) is 12.8. The van der Waals surface area contributed by atoms with E-state index in [4.69, 9.17) is 4.55 Å². The van der Waals surface area contributed by atoms with Crippen molar-refractivity contribution in [3.8, 4) is 0 Å². The van der Waals surface area contributed by atoms with E-state index < -0.39 is 10.1 Å². The topological polar surface area (TPSA) is 80.2 Å². The van der Waals surface area contributed by atoms with Gasteiger partial charge in [-0.1, -0.05) is 18.2 Å². The van der Waals surface area contributed by atoms with Crippen LogP contribution in [-0.2, 0) is 10.1 Å². The van der Waals surface area contributed by atoms with E-state index >= 15 is 0 Å². The molecule has 0 aliphatic heterocycles. The monoisotopic (exact) mass is 302 g/mol. The van der Waals surface area contributed by atoms with E-state index in [9.17, 15) is 8.42 Å². The van der Waals surface area contributed by atoms with E-state index in [-0.39, 0.29) is 51.0 Å². The van der Waals surface area contributed by atoms with Crippen LogP contribution in [0.5, 0.6) is 0 Å². The molecule has 19 heavy (non-hydrogen) atoms. The number of fused-ring (bicyclic) bond motifs is 2. The van der Waals surface area contributed by atoms with E-state index in [1.54, 1.807) is 24.3 Å². The van der Waals surface area contributed by atoms with Gasteiger partial charge in [0.2, 0.25) is 0 Å². The number of hydrogen-bond donors (Lipinski definition) is 1. The van der Waals surface area contributed by atoms with Crippen molar-refractivity contribution in [3.63, 3.8) is 0 Å². The number of para-hydroxylation sites is 3. The summed E-state index contributed by atoms with van der Waals surface area (Å²) in [7, 11) is -4.30. The maximum Gasteiger partial charge on any atom is 2.00 e. The minimum absolute atomic E-state index is 0. The molecule has 0 unspecified atom stereocenters. The molecule has 0 spiro atoms. The fourth-order valence-electron chi connectivity index (χ4n) is 1.82. The van der Waals surface area contributed by atoms with Gasteiger partial charge in [-0.05, 0) is 24.3 Å². The molecule has 1 aromatic heterocycles. The largest absolute Gasteiger partial charge is 2.00 e. The molecule has 0 saturated carbocycles. The average Bonchev–Trinajstić information content (AvgIpc) is 2.34. The fraction of sp³-hybridized carbons (Fsp3) is 0. The van der Waals surface area contributed by atoms with Gasteiger partial charge in [-0.3, -0.25) is 4.55 Å². The Labute approximate surface area is 142 Å². The first-order valence-corrected chi connectivity index (χ1v) is 6.63. The molecule has 0 fully saturated rings. The van der Waals surface area contributed by atoms with Crippen LogP contribution in [0.15, 0.2) is 47.4 Å². The van der Waals surface area contributed by atoms with E-state index in [1.165, 1.54) is 12.1 Å². The molecule has 5 nitrogen and oxygen atoms in total. The van der Waals surface area contributed by atoms with Gasteiger partial charge in [0.1, 0.15) is 10.4 Å². The Bertz CT molecular complexity index is 875. The number of nitrogens with zero attached hydrogens (tertiary/aromatic N) is 2. The number of hydrogen-bond acceptors (Lipinski definition) is 4. The quantitative estimate of drug-likeness (QED) is 0.422. The first kappa shape index (κ1) is 14.6. The molecule has 3 aromatic rings. The molecule has 2 aromatic carbocycles. The van der Waals surface area contributed by atoms with E-state index in [0.717, 1.165) is 0 Å². The maximum atomic E-state index is 11.3. The van der Waals surface area contributed by atoms with E-state index in [2.05, 4.69) is 9.97 Å². The van der Waals surface area contributed by atoms with Crippen LogP contribution in [0, 0.1) is 0 Å². The number of aromatic nitrogens is 2. The van der Waals surface area contributed by atoms with Crippen molar-refractivity contribution in [1.29, 1.82) is 0 Å².